The highest BCUT2D eigenvalue weighted by atomic mass is 32.1. The minimum atomic E-state index is -0.305. The number of carbonyl (C=O) groups is 3. The third-order valence-corrected chi connectivity index (χ3v) is 6.42. The Morgan fingerprint density at radius 1 is 1.23 bits per heavy atom. The van der Waals surface area contributed by atoms with Crippen LogP contribution in [0.5, 0.6) is 5.75 Å². The van der Waals surface area contributed by atoms with Crippen molar-refractivity contribution in [3.8, 4) is 5.75 Å². The van der Waals surface area contributed by atoms with Crippen molar-refractivity contribution in [2.45, 2.75) is 19.8 Å². The zero-order valence-electron chi connectivity index (χ0n) is 17.5. The second-order valence-corrected chi connectivity index (χ2v) is 8.44. The summed E-state index contributed by atoms with van der Waals surface area (Å²) in [5.41, 5.74) is 0.779. The molecule has 10 heteroatoms. The molecule has 2 saturated heterocycles. The number of morpholine rings is 1. The van der Waals surface area contributed by atoms with Crippen LogP contribution in [0.3, 0.4) is 0 Å². The van der Waals surface area contributed by atoms with Crippen LogP contribution in [0.15, 0.2) is 18.2 Å². The number of hydrogen-bond donors (Lipinski definition) is 0. The average molecular weight is 447 g/mol. The van der Waals surface area contributed by atoms with Crippen LogP contribution in [-0.4, -0.2) is 85.0 Å². The fourth-order valence-corrected chi connectivity index (χ4v) is 4.72. The molecule has 9 nitrogen and oxygen atoms in total. The molecule has 4 rings (SSSR count). The van der Waals surface area contributed by atoms with Crippen LogP contribution >= 0.6 is 11.3 Å². The maximum absolute atomic E-state index is 13.2. The SMILES string of the molecule is CCOc1ccc2nc(N(CCN3CCOCC3)C(=O)CN3C(=O)CCC3=O)sc2c1. The average Bonchev–Trinajstić information content (AvgIpc) is 3.32. The van der Waals surface area contributed by atoms with Gasteiger partial charge in [-0.3, -0.25) is 29.1 Å². The lowest BCUT2D eigenvalue weighted by Gasteiger charge is -2.29. The van der Waals surface area contributed by atoms with E-state index in [9.17, 15) is 14.4 Å². The third-order valence-electron chi connectivity index (χ3n) is 5.38. The van der Waals surface area contributed by atoms with Gasteiger partial charge in [-0.25, -0.2) is 4.98 Å². The minimum absolute atomic E-state index is 0.168. The molecule has 0 atom stereocenters. The van der Waals surface area contributed by atoms with Gasteiger partial charge in [-0.15, -0.1) is 0 Å². The maximum Gasteiger partial charge on any atom is 0.248 e. The number of ether oxygens (including phenoxy) is 2. The Labute approximate surface area is 184 Å². The van der Waals surface area contributed by atoms with Gasteiger partial charge in [0.2, 0.25) is 17.7 Å². The zero-order valence-corrected chi connectivity index (χ0v) is 18.4. The molecule has 3 heterocycles. The summed E-state index contributed by atoms with van der Waals surface area (Å²) in [5.74, 6) is -0.139. The number of benzene rings is 1. The summed E-state index contributed by atoms with van der Waals surface area (Å²) in [5, 5.41) is 0.556. The summed E-state index contributed by atoms with van der Waals surface area (Å²) in [4.78, 5) is 46.7. The molecule has 1 aromatic carbocycles. The fraction of sp³-hybridized carbons (Fsp3) is 0.524. The molecule has 0 N–H and O–H groups in total. The van der Waals surface area contributed by atoms with E-state index in [0.29, 0.717) is 38.0 Å². The lowest BCUT2D eigenvalue weighted by atomic mass is 10.3. The van der Waals surface area contributed by atoms with Gasteiger partial charge in [0.05, 0.1) is 30.0 Å². The number of rotatable bonds is 8. The van der Waals surface area contributed by atoms with Crippen molar-refractivity contribution in [1.29, 1.82) is 0 Å². The quantitative estimate of drug-likeness (QED) is 0.568. The van der Waals surface area contributed by atoms with Gasteiger partial charge < -0.3 is 9.47 Å². The predicted molar refractivity (Wildman–Crippen MR) is 116 cm³/mol. The molecule has 31 heavy (non-hydrogen) atoms. The molecular formula is C21H26N4O5S. The first kappa shape index (κ1) is 21.7. The standard InChI is InChI=1S/C21H26N4O5S/c1-2-30-15-3-4-16-17(13-15)31-21(22-16)24(8-7-23-9-11-29-12-10-23)20(28)14-25-18(26)5-6-19(25)27/h3-4,13H,2,5-12,14H2,1H3. The monoisotopic (exact) mass is 446 g/mol. The molecule has 0 bridgehead atoms. The van der Waals surface area contributed by atoms with Crippen molar-refractivity contribution in [1.82, 2.24) is 14.8 Å². The zero-order chi connectivity index (χ0) is 21.8. The Hall–Kier alpha value is -2.56. The van der Waals surface area contributed by atoms with Crippen LogP contribution in [0.4, 0.5) is 5.13 Å². The van der Waals surface area contributed by atoms with Gasteiger partial charge in [0.25, 0.3) is 0 Å². The van der Waals surface area contributed by atoms with Gasteiger partial charge >= 0.3 is 0 Å². The molecule has 2 aliphatic rings. The van der Waals surface area contributed by atoms with E-state index in [-0.39, 0.29) is 37.1 Å². The van der Waals surface area contributed by atoms with Crippen LogP contribution in [-0.2, 0) is 19.1 Å². The van der Waals surface area contributed by atoms with Crippen molar-refractivity contribution in [2.75, 3.05) is 57.4 Å². The van der Waals surface area contributed by atoms with Gasteiger partial charge in [0.15, 0.2) is 5.13 Å². The first-order valence-electron chi connectivity index (χ1n) is 10.5. The van der Waals surface area contributed by atoms with Crippen LogP contribution in [0.2, 0.25) is 0 Å². The molecule has 2 aliphatic heterocycles. The smallest absolute Gasteiger partial charge is 0.248 e. The number of aromatic nitrogens is 1. The second kappa shape index (κ2) is 9.71. The number of nitrogens with zero attached hydrogens (tertiary/aromatic N) is 4. The Morgan fingerprint density at radius 2 is 1.97 bits per heavy atom. The number of thiazole rings is 1. The fourth-order valence-electron chi connectivity index (χ4n) is 3.68. The lowest BCUT2D eigenvalue weighted by Crippen LogP contribution is -2.47. The first-order chi connectivity index (χ1) is 15.0. The number of fused-ring (bicyclic) bond motifs is 1. The topological polar surface area (TPSA) is 92.3 Å². The van der Waals surface area contributed by atoms with Gasteiger partial charge in [-0.1, -0.05) is 11.3 Å². The maximum atomic E-state index is 13.2. The van der Waals surface area contributed by atoms with Crippen LogP contribution in [0.25, 0.3) is 10.2 Å². The van der Waals surface area contributed by atoms with E-state index in [2.05, 4.69) is 9.88 Å². The number of imide groups is 1. The van der Waals surface area contributed by atoms with E-state index in [0.717, 1.165) is 34.0 Å². The molecule has 1 aromatic heterocycles. The number of hydrogen-bond acceptors (Lipinski definition) is 8. The second-order valence-electron chi connectivity index (χ2n) is 7.43. The molecule has 3 amide bonds. The van der Waals surface area contributed by atoms with Gasteiger partial charge in [0, 0.05) is 39.0 Å². The summed E-state index contributed by atoms with van der Waals surface area (Å²) < 4.78 is 11.9. The highest BCUT2D eigenvalue weighted by Crippen LogP contribution is 2.32. The van der Waals surface area contributed by atoms with E-state index in [1.54, 1.807) is 4.90 Å². The van der Waals surface area contributed by atoms with Crippen molar-refractivity contribution in [3.05, 3.63) is 18.2 Å². The van der Waals surface area contributed by atoms with Crippen LogP contribution in [0, 0.1) is 0 Å². The molecule has 0 unspecified atom stereocenters. The summed E-state index contributed by atoms with van der Waals surface area (Å²) in [6, 6.07) is 5.65. The van der Waals surface area contributed by atoms with E-state index < -0.39 is 0 Å². The third kappa shape index (κ3) is 5.03. The molecule has 0 aliphatic carbocycles. The van der Waals surface area contributed by atoms with Crippen molar-refractivity contribution >= 4 is 44.4 Å². The predicted octanol–water partition coefficient (Wildman–Crippen LogP) is 1.51. The lowest BCUT2D eigenvalue weighted by molar-refractivity contribution is -0.141. The molecular weight excluding hydrogens is 420 g/mol. The summed E-state index contributed by atoms with van der Waals surface area (Å²) in [6.45, 7) is 6.29. The molecule has 2 aromatic rings. The Kier molecular flexibility index (Phi) is 6.79. The van der Waals surface area contributed by atoms with Crippen molar-refractivity contribution < 1.29 is 23.9 Å². The summed E-state index contributed by atoms with van der Waals surface area (Å²) in [6.07, 6.45) is 0.336. The molecule has 166 valence electrons. The number of amides is 3. The van der Waals surface area contributed by atoms with Gasteiger partial charge in [0.1, 0.15) is 12.3 Å². The molecule has 2 fully saturated rings. The van der Waals surface area contributed by atoms with Crippen molar-refractivity contribution in [2.24, 2.45) is 0 Å². The number of likely N-dealkylation sites (tertiary alicyclic amines) is 1. The normalized spacial score (nSPS) is 17.5. The van der Waals surface area contributed by atoms with Crippen LogP contribution < -0.4 is 9.64 Å². The van der Waals surface area contributed by atoms with E-state index >= 15 is 0 Å². The van der Waals surface area contributed by atoms with Gasteiger partial charge in [-0.2, -0.15) is 0 Å². The summed E-state index contributed by atoms with van der Waals surface area (Å²) in [7, 11) is 0. The number of carbonyl (C=O) groups excluding carboxylic acids is 3. The molecule has 0 spiro atoms. The first-order valence-corrected chi connectivity index (χ1v) is 11.3. The molecule has 0 saturated carbocycles. The van der Waals surface area contributed by atoms with Gasteiger partial charge in [-0.05, 0) is 25.1 Å². The molecule has 0 radical (unpaired) electrons. The van der Waals surface area contributed by atoms with E-state index in [1.165, 1.54) is 11.3 Å². The minimum Gasteiger partial charge on any atom is -0.494 e. The number of anilines is 1. The van der Waals surface area contributed by atoms with E-state index in [1.807, 2.05) is 25.1 Å². The Morgan fingerprint density at radius 3 is 2.68 bits per heavy atom. The Balaban J connectivity index is 1.56. The van der Waals surface area contributed by atoms with Crippen molar-refractivity contribution in [3.63, 3.8) is 0 Å². The highest BCUT2D eigenvalue weighted by Gasteiger charge is 2.33. The van der Waals surface area contributed by atoms with E-state index in [4.69, 9.17) is 9.47 Å². The Bertz CT molecular complexity index is 956. The van der Waals surface area contributed by atoms with Crippen LogP contribution in [0.1, 0.15) is 19.8 Å². The largest absolute Gasteiger partial charge is 0.494 e. The highest BCUT2D eigenvalue weighted by molar-refractivity contribution is 7.22. The summed E-state index contributed by atoms with van der Waals surface area (Å²) >= 11 is 1.40.